The number of morpholine rings is 1. The molecule has 0 radical (unpaired) electrons. The number of thiophene rings is 1. The van der Waals surface area contributed by atoms with E-state index in [1.807, 2.05) is 18.3 Å². The van der Waals surface area contributed by atoms with Crippen LogP contribution in [0.3, 0.4) is 0 Å². The van der Waals surface area contributed by atoms with Crippen LogP contribution >= 0.6 is 11.3 Å². The highest BCUT2D eigenvalue weighted by Gasteiger charge is 2.21. The third-order valence-corrected chi connectivity index (χ3v) is 5.89. The Bertz CT molecular complexity index is 1160. The molecule has 27 heavy (non-hydrogen) atoms. The van der Waals surface area contributed by atoms with Crippen molar-refractivity contribution in [3.05, 3.63) is 42.2 Å². The molecular weight excluding hydrogens is 364 g/mol. The molecule has 1 fully saturated rings. The normalized spacial score (nSPS) is 14.9. The predicted molar refractivity (Wildman–Crippen MR) is 105 cm³/mol. The number of fused-ring (bicyclic) bond motifs is 2. The van der Waals surface area contributed by atoms with Gasteiger partial charge in [-0.05, 0) is 18.2 Å². The van der Waals surface area contributed by atoms with Crippen molar-refractivity contribution in [2.75, 3.05) is 31.2 Å². The van der Waals surface area contributed by atoms with Gasteiger partial charge in [0.15, 0.2) is 5.69 Å². The molecule has 0 spiro atoms. The van der Waals surface area contributed by atoms with E-state index in [2.05, 4.69) is 32.2 Å². The summed E-state index contributed by atoms with van der Waals surface area (Å²) in [6, 6.07) is 9.80. The molecule has 0 bridgehead atoms. The highest BCUT2D eigenvalue weighted by atomic mass is 32.1. The first-order valence-electron chi connectivity index (χ1n) is 8.64. The summed E-state index contributed by atoms with van der Waals surface area (Å²) in [6.45, 7) is 2.64. The lowest BCUT2D eigenvalue weighted by atomic mass is 10.1. The minimum Gasteiger partial charge on any atom is -0.477 e. The van der Waals surface area contributed by atoms with Crippen molar-refractivity contribution in [1.29, 1.82) is 0 Å². The highest BCUT2D eigenvalue weighted by molar-refractivity contribution is 7.22. The number of hydrogen-bond donors (Lipinski definition) is 2. The van der Waals surface area contributed by atoms with Gasteiger partial charge in [0.25, 0.3) is 0 Å². The Kier molecular flexibility index (Phi) is 3.80. The van der Waals surface area contributed by atoms with E-state index in [1.165, 1.54) is 0 Å². The molecule has 136 valence electrons. The molecule has 3 aromatic heterocycles. The Morgan fingerprint density at radius 2 is 2.07 bits per heavy atom. The lowest BCUT2D eigenvalue weighted by Gasteiger charge is -2.28. The van der Waals surface area contributed by atoms with Gasteiger partial charge in [-0.3, -0.25) is 5.10 Å². The van der Waals surface area contributed by atoms with Gasteiger partial charge in [-0.2, -0.15) is 5.10 Å². The zero-order valence-corrected chi connectivity index (χ0v) is 15.1. The molecule has 0 aliphatic carbocycles. The number of aromatic amines is 1. The molecule has 5 rings (SSSR count). The SMILES string of the molecule is O=C(O)c1cc2sc(-c3cccc4[nH]ncc34)cc2c(N2CCOCC2)n1. The molecule has 7 nitrogen and oxygen atoms in total. The summed E-state index contributed by atoms with van der Waals surface area (Å²) in [5, 5.41) is 18.6. The molecule has 0 unspecified atom stereocenters. The van der Waals surface area contributed by atoms with E-state index in [4.69, 9.17) is 4.74 Å². The molecule has 4 aromatic rings. The van der Waals surface area contributed by atoms with E-state index in [0.29, 0.717) is 26.3 Å². The summed E-state index contributed by atoms with van der Waals surface area (Å²) in [7, 11) is 0. The maximum Gasteiger partial charge on any atom is 0.354 e. The fraction of sp³-hybridized carbons (Fsp3) is 0.211. The summed E-state index contributed by atoms with van der Waals surface area (Å²) in [4.78, 5) is 19.2. The summed E-state index contributed by atoms with van der Waals surface area (Å²) < 4.78 is 6.35. The van der Waals surface area contributed by atoms with Crippen molar-refractivity contribution in [2.45, 2.75) is 0 Å². The standard InChI is InChI=1S/C19H16N4O3S/c24-19(25)15-9-17-12(18(21-15)23-4-6-26-7-5-23)8-16(27-17)11-2-1-3-14-13(11)10-20-22-14/h1-3,8-10H,4-7H2,(H,20,22)(H,24,25). The van der Waals surface area contributed by atoms with Gasteiger partial charge < -0.3 is 14.7 Å². The van der Waals surface area contributed by atoms with Crippen molar-refractivity contribution in [2.24, 2.45) is 0 Å². The van der Waals surface area contributed by atoms with Gasteiger partial charge in [0, 0.05) is 39.0 Å². The summed E-state index contributed by atoms with van der Waals surface area (Å²) >= 11 is 1.58. The number of rotatable bonds is 3. The second kappa shape index (κ2) is 6.33. The molecule has 0 saturated carbocycles. The third kappa shape index (κ3) is 2.73. The molecule has 0 amide bonds. The number of aromatic nitrogens is 3. The number of hydrogen-bond acceptors (Lipinski definition) is 6. The number of benzene rings is 1. The van der Waals surface area contributed by atoms with Gasteiger partial charge in [0.1, 0.15) is 5.82 Å². The smallest absolute Gasteiger partial charge is 0.354 e. The lowest BCUT2D eigenvalue weighted by Crippen LogP contribution is -2.37. The van der Waals surface area contributed by atoms with Crippen LogP contribution in [-0.4, -0.2) is 52.6 Å². The zero-order chi connectivity index (χ0) is 18.4. The molecule has 1 aromatic carbocycles. The average Bonchev–Trinajstić information content (AvgIpc) is 3.34. The fourth-order valence-corrected chi connectivity index (χ4v) is 4.59. The van der Waals surface area contributed by atoms with Crippen LogP contribution < -0.4 is 4.90 Å². The average molecular weight is 380 g/mol. The Balaban J connectivity index is 1.72. The van der Waals surface area contributed by atoms with Crippen LogP contribution in [-0.2, 0) is 4.74 Å². The second-order valence-corrected chi connectivity index (χ2v) is 7.48. The van der Waals surface area contributed by atoms with E-state index < -0.39 is 5.97 Å². The molecule has 1 saturated heterocycles. The van der Waals surface area contributed by atoms with E-state index in [9.17, 15) is 9.90 Å². The molecule has 4 heterocycles. The van der Waals surface area contributed by atoms with Crippen molar-refractivity contribution in [3.63, 3.8) is 0 Å². The number of carbonyl (C=O) groups is 1. The number of ether oxygens (including phenoxy) is 1. The topological polar surface area (TPSA) is 91.3 Å². The minimum atomic E-state index is -1.02. The van der Waals surface area contributed by atoms with Crippen LogP contribution in [0.25, 0.3) is 31.4 Å². The molecule has 2 N–H and O–H groups in total. The van der Waals surface area contributed by atoms with Crippen molar-refractivity contribution in [1.82, 2.24) is 15.2 Å². The van der Waals surface area contributed by atoms with E-state index in [0.717, 1.165) is 37.2 Å². The number of carboxylic acid groups (broad SMARTS) is 1. The van der Waals surface area contributed by atoms with Crippen LogP contribution in [0.15, 0.2) is 36.5 Å². The molecular formula is C19H16N4O3S. The van der Waals surface area contributed by atoms with Crippen molar-refractivity contribution in [3.8, 4) is 10.4 Å². The van der Waals surface area contributed by atoms with Gasteiger partial charge in [-0.25, -0.2) is 9.78 Å². The minimum absolute atomic E-state index is 0.0684. The van der Waals surface area contributed by atoms with Crippen LogP contribution in [0.1, 0.15) is 10.5 Å². The fourth-order valence-electron chi connectivity index (χ4n) is 3.46. The number of anilines is 1. The summed E-state index contributed by atoms with van der Waals surface area (Å²) in [5.41, 5.74) is 2.12. The number of nitrogens with zero attached hydrogens (tertiary/aromatic N) is 3. The van der Waals surface area contributed by atoms with Gasteiger partial charge in [-0.15, -0.1) is 11.3 Å². The Morgan fingerprint density at radius 3 is 2.89 bits per heavy atom. The van der Waals surface area contributed by atoms with E-state index in [-0.39, 0.29) is 5.69 Å². The van der Waals surface area contributed by atoms with E-state index in [1.54, 1.807) is 17.4 Å². The van der Waals surface area contributed by atoms with Crippen LogP contribution in [0, 0.1) is 0 Å². The number of nitrogens with one attached hydrogen (secondary N) is 1. The molecule has 1 aliphatic heterocycles. The maximum atomic E-state index is 11.6. The maximum absolute atomic E-state index is 11.6. The molecule has 8 heteroatoms. The van der Waals surface area contributed by atoms with Gasteiger partial charge in [0.2, 0.25) is 0 Å². The summed E-state index contributed by atoms with van der Waals surface area (Å²) in [6.07, 6.45) is 1.82. The monoisotopic (exact) mass is 380 g/mol. The lowest BCUT2D eigenvalue weighted by molar-refractivity contribution is 0.0690. The quantitative estimate of drug-likeness (QED) is 0.566. The first kappa shape index (κ1) is 16.2. The number of carboxylic acids is 1. The van der Waals surface area contributed by atoms with Crippen LogP contribution in [0.2, 0.25) is 0 Å². The Labute approximate surface area is 158 Å². The van der Waals surface area contributed by atoms with Crippen LogP contribution in [0.4, 0.5) is 5.82 Å². The van der Waals surface area contributed by atoms with E-state index >= 15 is 0 Å². The van der Waals surface area contributed by atoms with Crippen LogP contribution in [0.5, 0.6) is 0 Å². The zero-order valence-electron chi connectivity index (χ0n) is 14.3. The number of pyridine rings is 1. The predicted octanol–water partition coefficient (Wildman–Crippen LogP) is 3.37. The Morgan fingerprint density at radius 1 is 1.22 bits per heavy atom. The molecule has 0 atom stereocenters. The first-order chi connectivity index (χ1) is 13.2. The van der Waals surface area contributed by atoms with Crippen molar-refractivity contribution < 1.29 is 14.6 Å². The van der Waals surface area contributed by atoms with Gasteiger partial charge >= 0.3 is 5.97 Å². The van der Waals surface area contributed by atoms with Crippen molar-refractivity contribution >= 4 is 44.1 Å². The largest absolute Gasteiger partial charge is 0.477 e. The number of aromatic carboxylic acids is 1. The number of H-pyrrole nitrogens is 1. The third-order valence-electron chi connectivity index (χ3n) is 4.78. The van der Waals surface area contributed by atoms with Gasteiger partial charge in [0.05, 0.1) is 24.9 Å². The molecule has 1 aliphatic rings. The highest BCUT2D eigenvalue weighted by Crippen LogP contribution is 2.40. The summed E-state index contributed by atoms with van der Waals surface area (Å²) in [5.74, 6) is -0.298. The first-order valence-corrected chi connectivity index (χ1v) is 9.45. The second-order valence-electron chi connectivity index (χ2n) is 6.39. The Hall–Kier alpha value is -2.97. The van der Waals surface area contributed by atoms with Gasteiger partial charge in [-0.1, -0.05) is 12.1 Å².